The lowest BCUT2D eigenvalue weighted by molar-refractivity contribution is -0.106. The third-order valence-corrected chi connectivity index (χ3v) is 5.84. The van der Waals surface area contributed by atoms with Gasteiger partial charge in [0.25, 0.3) is 0 Å². The molecule has 4 heteroatoms. The number of rotatable bonds is 11. The minimum Gasteiger partial charge on any atom is -0.465 e. The minimum absolute atomic E-state index is 0.155. The zero-order valence-electron chi connectivity index (χ0n) is 17.4. The van der Waals surface area contributed by atoms with Gasteiger partial charge in [0.2, 0.25) is 0 Å². The van der Waals surface area contributed by atoms with Crippen molar-refractivity contribution in [2.45, 2.75) is 90.4 Å². The Balaban J connectivity index is 2.00. The standard InChI is InChI=1S/C23H38O4/c1-4-23(25,15-14-22(2,3)13-6-7-16-24)19-10-9-11-20(18-19)27-21-12-5-8-17-26-21/h9-11,18,21,24-25H,4-8,12-17H2,1-3H3. The SMILES string of the molecule is CCC(O)(CCC(C)(C)CCCCO)c1cccc(OC2CCCCO2)c1. The van der Waals surface area contributed by atoms with E-state index in [1.54, 1.807) is 0 Å². The van der Waals surface area contributed by atoms with Crippen LogP contribution in [0.25, 0.3) is 0 Å². The second-order valence-electron chi connectivity index (χ2n) is 8.67. The Labute approximate surface area is 164 Å². The van der Waals surface area contributed by atoms with E-state index in [2.05, 4.69) is 13.8 Å². The molecule has 2 atom stereocenters. The van der Waals surface area contributed by atoms with Crippen molar-refractivity contribution in [3.8, 4) is 5.75 Å². The first kappa shape index (κ1) is 22.2. The predicted molar refractivity (Wildman–Crippen MR) is 109 cm³/mol. The van der Waals surface area contributed by atoms with Crippen molar-refractivity contribution in [1.82, 2.24) is 0 Å². The summed E-state index contributed by atoms with van der Waals surface area (Å²) in [4.78, 5) is 0. The number of benzene rings is 1. The molecule has 0 amide bonds. The molecule has 154 valence electrons. The normalized spacial score (nSPS) is 20.3. The average molecular weight is 379 g/mol. The minimum atomic E-state index is -0.846. The molecule has 1 aliphatic rings. The van der Waals surface area contributed by atoms with E-state index in [4.69, 9.17) is 14.6 Å². The monoisotopic (exact) mass is 378 g/mol. The van der Waals surface area contributed by atoms with E-state index >= 15 is 0 Å². The summed E-state index contributed by atoms with van der Waals surface area (Å²) in [6.45, 7) is 7.55. The zero-order chi connectivity index (χ0) is 19.8. The van der Waals surface area contributed by atoms with Gasteiger partial charge in [0, 0.05) is 13.0 Å². The molecular weight excluding hydrogens is 340 g/mol. The molecule has 0 radical (unpaired) electrons. The third kappa shape index (κ3) is 7.10. The molecule has 1 aromatic rings. The van der Waals surface area contributed by atoms with Crippen LogP contribution in [0.15, 0.2) is 24.3 Å². The molecule has 0 saturated carbocycles. The molecular formula is C23H38O4. The first-order chi connectivity index (χ1) is 12.9. The highest BCUT2D eigenvalue weighted by molar-refractivity contribution is 5.32. The molecule has 1 aromatic carbocycles. The van der Waals surface area contributed by atoms with Gasteiger partial charge in [-0.2, -0.15) is 0 Å². The second-order valence-corrected chi connectivity index (χ2v) is 8.67. The van der Waals surface area contributed by atoms with Crippen molar-refractivity contribution >= 4 is 0 Å². The van der Waals surface area contributed by atoms with Gasteiger partial charge in [-0.15, -0.1) is 0 Å². The number of hydrogen-bond acceptors (Lipinski definition) is 4. The Kier molecular flexibility index (Phi) is 8.59. The molecule has 2 rings (SSSR count). The molecule has 1 aliphatic heterocycles. The van der Waals surface area contributed by atoms with E-state index in [0.717, 1.165) is 69.3 Å². The molecule has 1 fully saturated rings. The second kappa shape index (κ2) is 10.4. The van der Waals surface area contributed by atoms with E-state index in [1.165, 1.54) is 0 Å². The van der Waals surface area contributed by atoms with Crippen LogP contribution in [0.2, 0.25) is 0 Å². The number of aliphatic hydroxyl groups excluding tert-OH is 1. The highest BCUT2D eigenvalue weighted by atomic mass is 16.7. The third-order valence-electron chi connectivity index (χ3n) is 5.84. The van der Waals surface area contributed by atoms with Crippen LogP contribution in [0.4, 0.5) is 0 Å². The maximum Gasteiger partial charge on any atom is 0.199 e. The lowest BCUT2D eigenvalue weighted by Gasteiger charge is -2.33. The highest BCUT2D eigenvalue weighted by Gasteiger charge is 2.30. The van der Waals surface area contributed by atoms with Crippen molar-refractivity contribution in [3.63, 3.8) is 0 Å². The fourth-order valence-corrected chi connectivity index (χ4v) is 3.73. The van der Waals surface area contributed by atoms with Crippen molar-refractivity contribution in [2.75, 3.05) is 13.2 Å². The summed E-state index contributed by atoms with van der Waals surface area (Å²) >= 11 is 0. The van der Waals surface area contributed by atoms with Crippen LogP contribution >= 0.6 is 0 Å². The lowest BCUT2D eigenvalue weighted by Crippen LogP contribution is -2.28. The fourth-order valence-electron chi connectivity index (χ4n) is 3.73. The van der Waals surface area contributed by atoms with Gasteiger partial charge < -0.3 is 19.7 Å². The Morgan fingerprint density at radius 2 is 1.96 bits per heavy atom. The maximum atomic E-state index is 11.3. The van der Waals surface area contributed by atoms with Crippen molar-refractivity contribution in [1.29, 1.82) is 0 Å². The van der Waals surface area contributed by atoms with Crippen molar-refractivity contribution < 1.29 is 19.7 Å². The molecule has 0 spiro atoms. The van der Waals surface area contributed by atoms with Gasteiger partial charge in [-0.05, 0) is 68.1 Å². The Hall–Kier alpha value is -1.10. The summed E-state index contributed by atoms with van der Waals surface area (Å²) in [5, 5.41) is 20.3. The van der Waals surface area contributed by atoms with E-state index in [-0.39, 0.29) is 18.3 Å². The molecule has 0 aliphatic carbocycles. The molecule has 0 aromatic heterocycles. The summed E-state index contributed by atoms with van der Waals surface area (Å²) in [5.41, 5.74) is 0.230. The quantitative estimate of drug-likeness (QED) is 0.522. The van der Waals surface area contributed by atoms with Crippen molar-refractivity contribution in [3.05, 3.63) is 29.8 Å². The Morgan fingerprint density at radius 1 is 1.15 bits per heavy atom. The maximum absolute atomic E-state index is 11.3. The molecule has 2 unspecified atom stereocenters. The number of unbranched alkanes of at least 4 members (excludes halogenated alkanes) is 1. The first-order valence-corrected chi connectivity index (χ1v) is 10.6. The summed E-state index contributed by atoms with van der Waals surface area (Å²) in [6, 6.07) is 7.87. The molecule has 4 nitrogen and oxygen atoms in total. The van der Waals surface area contributed by atoms with Gasteiger partial charge >= 0.3 is 0 Å². The number of ether oxygens (including phenoxy) is 2. The van der Waals surface area contributed by atoms with Gasteiger partial charge in [-0.3, -0.25) is 0 Å². The Morgan fingerprint density at radius 3 is 2.63 bits per heavy atom. The van der Waals surface area contributed by atoms with Gasteiger partial charge in [-0.1, -0.05) is 39.3 Å². The molecule has 2 N–H and O–H groups in total. The van der Waals surface area contributed by atoms with Crippen LogP contribution in [-0.2, 0) is 10.3 Å². The lowest BCUT2D eigenvalue weighted by atomic mass is 9.77. The number of aliphatic hydroxyl groups is 2. The summed E-state index contributed by atoms with van der Waals surface area (Å²) in [5.74, 6) is 0.772. The molecule has 27 heavy (non-hydrogen) atoms. The predicted octanol–water partition coefficient (Wildman–Crippen LogP) is 5.16. The smallest absolute Gasteiger partial charge is 0.199 e. The van der Waals surface area contributed by atoms with Crippen LogP contribution < -0.4 is 4.74 Å². The summed E-state index contributed by atoms with van der Waals surface area (Å²) in [7, 11) is 0. The van der Waals surface area contributed by atoms with E-state index < -0.39 is 5.60 Å². The summed E-state index contributed by atoms with van der Waals surface area (Å²) in [6.07, 6.45) is 8.26. The van der Waals surface area contributed by atoms with Gasteiger partial charge in [0.1, 0.15) is 5.75 Å². The van der Waals surface area contributed by atoms with E-state index in [1.807, 2.05) is 31.2 Å². The van der Waals surface area contributed by atoms with Crippen LogP contribution in [0, 0.1) is 5.41 Å². The van der Waals surface area contributed by atoms with E-state index in [0.29, 0.717) is 6.42 Å². The Bertz CT molecular complexity index is 551. The van der Waals surface area contributed by atoms with Gasteiger partial charge in [0.15, 0.2) is 6.29 Å². The van der Waals surface area contributed by atoms with Crippen molar-refractivity contribution in [2.24, 2.45) is 5.41 Å². The van der Waals surface area contributed by atoms with Crippen LogP contribution in [0.1, 0.15) is 84.1 Å². The average Bonchev–Trinajstić information content (AvgIpc) is 2.67. The topological polar surface area (TPSA) is 58.9 Å². The number of hydrogen-bond donors (Lipinski definition) is 2. The van der Waals surface area contributed by atoms with Crippen LogP contribution in [0.3, 0.4) is 0 Å². The molecule has 1 heterocycles. The highest BCUT2D eigenvalue weighted by Crippen LogP contribution is 2.38. The largest absolute Gasteiger partial charge is 0.465 e. The zero-order valence-corrected chi connectivity index (χ0v) is 17.4. The van der Waals surface area contributed by atoms with E-state index in [9.17, 15) is 5.11 Å². The van der Waals surface area contributed by atoms with Crippen LogP contribution in [-0.4, -0.2) is 29.7 Å². The van der Waals surface area contributed by atoms with Crippen LogP contribution in [0.5, 0.6) is 5.75 Å². The fraction of sp³-hybridized carbons (Fsp3) is 0.739. The van der Waals surface area contributed by atoms with Gasteiger partial charge in [0.05, 0.1) is 12.2 Å². The first-order valence-electron chi connectivity index (χ1n) is 10.6. The molecule has 0 bridgehead atoms. The van der Waals surface area contributed by atoms with Gasteiger partial charge in [-0.25, -0.2) is 0 Å². The molecule has 1 saturated heterocycles. The summed E-state index contributed by atoms with van der Waals surface area (Å²) < 4.78 is 11.7.